The molecular weight excluding hydrogens is 350 g/mol. The van der Waals surface area contributed by atoms with Crippen molar-refractivity contribution in [3.05, 3.63) is 78.9 Å². The average molecular weight is 371 g/mol. The van der Waals surface area contributed by atoms with E-state index in [2.05, 4.69) is 5.32 Å². The highest BCUT2D eigenvalue weighted by molar-refractivity contribution is 6.09. The summed E-state index contributed by atoms with van der Waals surface area (Å²) >= 11 is 0. The van der Waals surface area contributed by atoms with E-state index in [9.17, 15) is 4.79 Å². The first-order chi connectivity index (χ1) is 13.7. The molecule has 140 valence electrons. The van der Waals surface area contributed by atoms with Crippen molar-refractivity contribution in [3.63, 3.8) is 0 Å². The van der Waals surface area contributed by atoms with E-state index in [0.717, 1.165) is 33.2 Å². The third-order valence-electron chi connectivity index (χ3n) is 4.68. The number of carbonyl (C=O) groups excluding carboxylic acids is 1. The zero-order chi connectivity index (χ0) is 19.5. The van der Waals surface area contributed by atoms with Gasteiger partial charge >= 0.3 is 6.09 Å². The molecule has 1 N–H and O–H groups in total. The van der Waals surface area contributed by atoms with Crippen molar-refractivity contribution in [2.24, 2.45) is 0 Å². The first-order valence-electron chi connectivity index (χ1n) is 9.19. The highest BCUT2D eigenvalue weighted by Crippen LogP contribution is 2.39. The lowest BCUT2D eigenvalue weighted by molar-refractivity contribution is 0.112. The molecule has 1 heterocycles. The molecule has 0 saturated carbocycles. The van der Waals surface area contributed by atoms with Gasteiger partial charge in [0.1, 0.15) is 0 Å². The number of para-hydroxylation sites is 3. The van der Waals surface area contributed by atoms with Gasteiger partial charge in [-0.05, 0) is 31.2 Å². The highest BCUT2D eigenvalue weighted by Gasteiger charge is 2.24. The molecule has 0 aliphatic heterocycles. The van der Waals surface area contributed by atoms with Gasteiger partial charge in [0.2, 0.25) is 0 Å². The molecule has 4 aromatic rings. The molecule has 1 aromatic heterocycles. The Hall–Kier alpha value is -3.60. The maximum Gasteiger partial charge on any atom is 0.408 e. The maximum absolute atomic E-state index is 11.9. The van der Waals surface area contributed by atoms with Gasteiger partial charge in [-0.25, -0.2) is 9.78 Å². The Bertz CT molecular complexity index is 1070. The topological polar surface area (TPSA) is 54.5 Å². The van der Waals surface area contributed by atoms with Crippen molar-refractivity contribution < 1.29 is 9.53 Å². The second-order valence-corrected chi connectivity index (χ2v) is 6.45. The summed E-state index contributed by atoms with van der Waals surface area (Å²) in [6.45, 7) is 1.87. The molecule has 0 aliphatic rings. The van der Waals surface area contributed by atoms with Crippen molar-refractivity contribution in [1.82, 2.24) is 10.3 Å². The molecule has 28 heavy (non-hydrogen) atoms. The van der Waals surface area contributed by atoms with Gasteiger partial charge in [-0.2, -0.15) is 0 Å². The zero-order valence-corrected chi connectivity index (χ0v) is 15.8. The number of benzene rings is 3. The first kappa shape index (κ1) is 17.8. The second kappa shape index (κ2) is 7.56. The van der Waals surface area contributed by atoms with Crippen LogP contribution < -0.4 is 10.2 Å². The van der Waals surface area contributed by atoms with Gasteiger partial charge in [0.05, 0.1) is 16.7 Å². The molecule has 0 bridgehead atoms. The average Bonchev–Trinajstić information content (AvgIpc) is 2.74. The van der Waals surface area contributed by atoms with E-state index in [1.807, 2.05) is 90.7 Å². The molecule has 5 heteroatoms. The molecule has 0 fully saturated rings. The van der Waals surface area contributed by atoms with Crippen LogP contribution >= 0.6 is 0 Å². The standard InChI is InChI=1S/C23H21N3O2/c1-16(28-23(27)24-2)26(17-10-4-3-5-11-17)22-18-12-6-8-14-20(18)25-21-15-9-7-13-19(21)22/h3-16H,1-2H3,(H,24,27). The van der Waals surface area contributed by atoms with Gasteiger partial charge in [-0.15, -0.1) is 0 Å². The van der Waals surface area contributed by atoms with E-state index < -0.39 is 12.3 Å². The minimum atomic E-state index is -0.531. The smallest absolute Gasteiger partial charge is 0.408 e. The molecule has 1 atom stereocenters. The van der Waals surface area contributed by atoms with Gasteiger partial charge in [0, 0.05) is 23.5 Å². The molecule has 1 unspecified atom stereocenters. The summed E-state index contributed by atoms with van der Waals surface area (Å²) in [5, 5.41) is 4.52. The van der Waals surface area contributed by atoms with Crippen LogP contribution in [-0.4, -0.2) is 24.4 Å². The summed E-state index contributed by atoms with van der Waals surface area (Å²) < 4.78 is 5.62. The number of anilines is 2. The summed E-state index contributed by atoms with van der Waals surface area (Å²) in [6.07, 6.45) is -1.01. The Morgan fingerprint density at radius 1 is 0.893 bits per heavy atom. The minimum Gasteiger partial charge on any atom is -0.425 e. The van der Waals surface area contributed by atoms with Crippen LogP contribution in [0.2, 0.25) is 0 Å². The lowest BCUT2D eigenvalue weighted by Crippen LogP contribution is -2.36. The Morgan fingerprint density at radius 3 is 2.00 bits per heavy atom. The zero-order valence-electron chi connectivity index (χ0n) is 15.8. The number of carbonyl (C=O) groups is 1. The third-order valence-corrected chi connectivity index (χ3v) is 4.68. The normalized spacial score (nSPS) is 11.9. The van der Waals surface area contributed by atoms with Gasteiger partial charge in [-0.3, -0.25) is 0 Å². The Balaban J connectivity index is 2.02. The van der Waals surface area contributed by atoms with Crippen LogP contribution in [0.5, 0.6) is 0 Å². The van der Waals surface area contributed by atoms with Crippen molar-refractivity contribution >= 4 is 39.3 Å². The predicted molar refractivity (Wildman–Crippen MR) is 113 cm³/mol. The largest absolute Gasteiger partial charge is 0.425 e. The van der Waals surface area contributed by atoms with Crippen LogP contribution in [0, 0.1) is 0 Å². The number of hydrogen-bond acceptors (Lipinski definition) is 4. The number of ether oxygens (including phenoxy) is 1. The number of rotatable bonds is 4. The summed E-state index contributed by atoms with van der Waals surface area (Å²) in [4.78, 5) is 18.8. The van der Waals surface area contributed by atoms with E-state index in [4.69, 9.17) is 9.72 Å². The maximum atomic E-state index is 11.9. The fourth-order valence-corrected chi connectivity index (χ4v) is 3.45. The van der Waals surface area contributed by atoms with Crippen LogP contribution in [-0.2, 0) is 4.74 Å². The van der Waals surface area contributed by atoms with E-state index in [1.165, 1.54) is 0 Å². The fourth-order valence-electron chi connectivity index (χ4n) is 3.45. The lowest BCUT2D eigenvalue weighted by Gasteiger charge is -2.32. The molecule has 0 radical (unpaired) electrons. The summed E-state index contributed by atoms with van der Waals surface area (Å²) in [6, 6.07) is 26.0. The van der Waals surface area contributed by atoms with Crippen LogP contribution in [0.4, 0.5) is 16.2 Å². The summed E-state index contributed by atoms with van der Waals surface area (Å²) in [5.74, 6) is 0. The molecule has 0 aliphatic carbocycles. The van der Waals surface area contributed by atoms with Crippen LogP contribution in [0.3, 0.4) is 0 Å². The van der Waals surface area contributed by atoms with Gasteiger partial charge in [0.15, 0.2) is 6.23 Å². The van der Waals surface area contributed by atoms with Crippen LogP contribution in [0.15, 0.2) is 78.9 Å². The number of fused-ring (bicyclic) bond motifs is 2. The summed E-state index contributed by atoms with van der Waals surface area (Å²) in [7, 11) is 1.55. The van der Waals surface area contributed by atoms with Crippen LogP contribution in [0.25, 0.3) is 21.8 Å². The number of nitrogens with zero attached hydrogens (tertiary/aromatic N) is 2. The van der Waals surface area contributed by atoms with Crippen molar-refractivity contribution in [2.75, 3.05) is 11.9 Å². The number of pyridine rings is 1. The van der Waals surface area contributed by atoms with Crippen molar-refractivity contribution in [2.45, 2.75) is 13.2 Å². The van der Waals surface area contributed by atoms with Gasteiger partial charge in [-0.1, -0.05) is 54.6 Å². The van der Waals surface area contributed by atoms with Crippen LogP contribution in [0.1, 0.15) is 6.92 Å². The van der Waals surface area contributed by atoms with E-state index in [-0.39, 0.29) is 0 Å². The first-order valence-corrected chi connectivity index (χ1v) is 9.19. The molecule has 3 aromatic carbocycles. The monoisotopic (exact) mass is 371 g/mol. The Morgan fingerprint density at radius 2 is 1.43 bits per heavy atom. The Labute approximate surface area is 163 Å². The van der Waals surface area contributed by atoms with E-state index in [1.54, 1.807) is 7.05 Å². The van der Waals surface area contributed by atoms with Crippen molar-refractivity contribution in [1.29, 1.82) is 0 Å². The molecule has 4 rings (SSSR count). The molecular formula is C23H21N3O2. The number of amides is 1. The second-order valence-electron chi connectivity index (χ2n) is 6.45. The molecule has 0 spiro atoms. The minimum absolute atomic E-state index is 0.476. The number of nitrogens with one attached hydrogen (secondary N) is 1. The molecule has 1 amide bonds. The highest BCUT2D eigenvalue weighted by atomic mass is 16.6. The predicted octanol–water partition coefficient (Wildman–Crippen LogP) is 5.23. The summed E-state index contributed by atoms with van der Waals surface area (Å²) in [5.41, 5.74) is 3.68. The SMILES string of the molecule is CNC(=O)OC(C)N(c1ccccc1)c1c2ccccc2nc2ccccc12. The Kier molecular flexibility index (Phi) is 4.81. The molecule has 0 saturated heterocycles. The third kappa shape index (κ3) is 3.22. The molecule has 5 nitrogen and oxygen atoms in total. The number of hydrogen-bond donors (Lipinski definition) is 1. The van der Waals surface area contributed by atoms with Gasteiger partial charge in [0.25, 0.3) is 0 Å². The lowest BCUT2D eigenvalue weighted by atomic mass is 10.1. The van der Waals surface area contributed by atoms with E-state index in [0.29, 0.717) is 0 Å². The number of aromatic nitrogens is 1. The van der Waals surface area contributed by atoms with Gasteiger partial charge < -0.3 is 15.0 Å². The number of alkyl carbamates (subject to hydrolysis) is 1. The van der Waals surface area contributed by atoms with E-state index >= 15 is 0 Å². The quantitative estimate of drug-likeness (QED) is 0.394. The van der Waals surface area contributed by atoms with Crippen molar-refractivity contribution in [3.8, 4) is 0 Å². The fraction of sp³-hybridized carbons (Fsp3) is 0.130.